The first kappa shape index (κ1) is 29.5. The van der Waals surface area contributed by atoms with Crippen LogP contribution in [0.5, 0.6) is 0 Å². The zero-order valence-corrected chi connectivity index (χ0v) is 23.9. The van der Waals surface area contributed by atoms with Crippen molar-refractivity contribution in [2.75, 3.05) is 0 Å². The van der Waals surface area contributed by atoms with Gasteiger partial charge in [-0.25, -0.2) is 0 Å². The molecule has 218 valence electrons. The third kappa shape index (κ3) is 4.38. The van der Waals surface area contributed by atoms with Crippen molar-refractivity contribution in [2.24, 2.45) is 22.7 Å². The molecule has 1 unspecified atom stereocenters. The van der Waals surface area contributed by atoms with E-state index in [-0.39, 0.29) is 24.9 Å². The normalized spacial score (nSPS) is 43.5. The lowest BCUT2D eigenvalue weighted by atomic mass is 9.42. The maximum Gasteiger partial charge on any atom is 0.303 e. The van der Waals surface area contributed by atoms with Gasteiger partial charge in [0.25, 0.3) is 0 Å². The van der Waals surface area contributed by atoms with Gasteiger partial charge in [0.2, 0.25) is 0 Å². The molecule has 0 aromatic rings. The molecule has 0 aromatic carbocycles. The van der Waals surface area contributed by atoms with Crippen LogP contribution in [0, 0.1) is 22.7 Å². The summed E-state index contributed by atoms with van der Waals surface area (Å²) in [5.41, 5.74) is -4.65. The van der Waals surface area contributed by atoms with Crippen molar-refractivity contribution in [2.45, 2.75) is 123 Å². The predicted octanol–water partition coefficient (Wildman–Crippen LogP) is 2.76. The Bertz CT molecular complexity index is 1080. The number of carbonyl (C=O) groups is 4. The van der Waals surface area contributed by atoms with Crippen LogP contribution in [-0.4, -0.2) is 69.7 Å². The van der Waals surface area contributed by atoms with Gasteiger partial charge >= 0.3 is 23.9 Å². The van der Waals surface area contributed by atoms with Gasteiger partial charge in [-0.15, -0.1) is 0 Å². The third-order valence-electron chi connectivity index (χ3n) is 10.3. The molecule has 0 amide bonds. The number of hydrogen-bond donors (Lipinski definition) is 2. The summed E-state index contributed by atoms with van der Waals surface area (Å²) in [4.78, 5) is 48.6. The summed E-state index contributed by atoms with van der Waals surface area (Å²) in [7, 11) is 0. The number of carbonyl (C=O) groups excluding carboxylic acids is 4. The average molecular weight is 551 g/mol. The van der Waals surface area contributed by atoms with Crippen molar-refractivity contribution in [1.82, 2.24) is 0 Å². The average Bonchev–Trinajstić information content (AvgIpc) is 3.08. The van der Waals surface area contributed by atoms with Gasteiger partial charge in [0.15, 0.2) is 0 Å². The second-order valence-electron chi connectivity index (χ2n) is 12.4. The Morgan fingerprint density at radius 1 is 0.897 bits per heavy atom. The molecule has 4 rings (SSSR count). The summed E-state index contributed by atoms with van der Waals surface area (Å²) in [6.07, 6.45) is 0.828. The Hall–Kier alpha value is -2.46. The molecule has 10 atom stereocenters. The van der Waals surface area contributed by atoms with Crippen LogP contribution >= 0.6 is 0 Å². The molecule has 39 heavy (non-hydrogen) atoms. The zero-order chi connectivity index (χ0) is 29.1. The molecule has 2 N–H and O–H groups in total. The lowest BCUT2D eigenvalue weighted by Gasteiger charge is -2.68. The lowest BCUT2D eigenvalue weighted by molar-refractivity contribution is -0.334. The highest BCUT2D eigenvalue weighted by atomic mass is 16.6. The monoisotopic (exact) mass is 550 g/mol. The number of fused-ring (bicyclic) bond motifs is 5. The van der Waals surface area contributed by atoms with Crippen LogP contribution in [0.2, 0.25) is 0 Å². The van der Waals surface area contributed by atoms with Gasteiger partial charge in [0.05, 0.1) is 0 Å². The summed E-state index contributed by atoms with van der Waals surface area (Å²) in [6.45, 7) is 10.6. The van der Waals surface area contributed by atoms with E-state index in [1.807, 2.05) is 13.0 Å². The standard InChI is InChI=1S/C29H42O10/c1-15(36-16(2)30)22-10-13-29(35)27(22,7)25(39-19(5)33)23(38-18(4)32)24-26(6)11-9-21(37-17(3)31)14-20(26)8-12-28(24,29)34/h8,15,21-25,34-35H,9-14H2,1-7H3/t15?,21-,22+,23-,24+,25+,26-,27-,28-,29+/m0/s1. The van der Waals surface area contributed by atoms with Gasteiger partial charge in [-0.3, -0.25) is 19.2 Å². The third-order valence-corrected chi connectivity index (χ3v) is 10.3. The predicted molar refractivity (Wildman–Crippen MR) is 137 cm³/mol. The molecule has 0 spiro atoms. The maximum absolute atomic E-state index is 12.7. The summed E-state index contributed by atoms with van der Waals surface area (Å²) in [5, 5.41) is 25.4. The highest BCUT2D eigenvalue weighted by Crippen LogP contribution is 2.71. The zero-order valence-electron chi connectivity index (χ0n) is 23.9. The molecule has 0 heterocycles. The van der Waals surface area contributed by atoms with Crippen molar-refractivity contribution in [1.29, 1.82) is 0 Å². The molecule has 0 radical (unpaired) electrons. The van der Waals surface area contributed by atoms with E-state index in [1.54, 1.807) is 13.8 Å². The fourth-order valence-electron chi connectivity index (χ4n) is 8.84. The number of rotatable bonds is 5. The highest BCUT2D eigenvalue weighted by Gasteiger charge is 2.80. The van der Waals surface area contributed by atoms with Crippen LogP contribution in [0.3, 0.4) is 0 Å². The molecule has 0 bridgehead atoms. The van der Waals surface area contributed by atoms with Crippen LogP contribution in [-0.2, 0) is 38.1 Å². The summed E-state index contributed by atoms with van der Waals surface area (Å²) >= 11 is 0. The first-order chi connectivity index (χ1) is 18.0. The largest absolute Gasteiger partial charge is 0.463 e. The SMILES string of the molecule is CC(=O)OC(C)[C@H]1CC[C@@]2(O)[C@]1(C)[C@H](OC(C)=O)[C@@H](OC(C)=O)[C@@H]1[C@@]3(C)CC[C@H](OC(C)=O)CC3=CC[C@]12O. The molecule has 3 saturated carbocycles. The second kappa shape index (κ2) is 9.87. The van der Waals surface area contributed by atoms with Gasteiger partial charge < -0.3 is 29.2 Å². The molecule has 3 fully saturated rings. The Balaban J connectivity index is 1.91. The topological polar surface area (TPSA) is 146 Å². The van der Waals surface area contributed by atoms with Crippen molar-refractivity contribution in [3.63, 3.8) is 0 Å². The second-order valence-corrected chi connectivity index (χ2v) is 12.4. The van der Waals surface area contributed by atoms with Crippen LogP contribution < -0.4 is 0 Å². The molecule has 0 saturated heterocycles. The molecule has 0 aromatic heterocycles. The lowest BCUT2D eigenvalue weighted by Crippen LogP contribution is -2.80. The van der Waals surface area contributed by atoms with Crippen LogP contribution in [0.15, 0.2) is 11.6 Å². The molecule has 4 aliphatic rings. The Kier molecular flexibility index (Phi) is 7.47. The molecule has 10 heteroatoms. The van der Waals surface area contributed by atoms with Crippen molar-refractivity contribution < 1.29 is 48.3 Å². The van der Waals surface area contributed by atoms with Crippen molar-refractivity contribution in [3.05, 3.63) is 11.6 Å². The minimum atomic E-state index is -1.77. The first-order valence-corrected chi connectivity index (χ1v) is 13.8. The summed E-state index contributed by atoms with van der Waals surface area (Å²) < 4.78 is 23.0. The van der Waals surface area contributed by atoms with Crippen LogP contribution in [0.1, 0.15) is 87.0 Å². The Morgan fingerprint density at radius 3 is 2.08 bits per heavy atom. The Labute approximate surface area is 229 Å². The molecule has 0 aliphatic heterocycles. The van der Waals surface area contributed by atoms with E-state index in [0.717, 1.165) is 5.57 Å². The minimum Gasteiger partial charge on any atom is -0.463 e. The maximum atomic E-state index is 12.7. The number of esters is 4. The fourth-order valence-corrected chi connectivity index (χ4v) is 8.84. The minimum absolute atomic E-state index is 0.0701. The van der Waals surface area contributed by atoms with E-state index in [2.05, 4.69) is 0 Å². The number of hydrogen-bond acceptors (Lipinski definition) is 10. The van der Waals surface area contributed by atoms with Gasteiger partial charge in [0.1, 0.15) is 35.6 Å². The van der Waals surface area contributed by atoms with Gasteiger partial charge in [-0.05, 0) is 44.4 Å². The van der Waals surface area contributed by atoms with Gasteiger partial charge in [-0.1, -0.05) is 25.5 Å². The number of aliphatic hydroxyl groups is 2. The van der Waals surface area contributed by atoms with Crippen LogP contribution in [0.25, 0.3) is 0 Å². The van der Waals surface area contributed by atoms with Crippen LogP contribution in [0.4, 0.5) is 0 Å². The van der Waals surface area contributed by atoms with E-state index >= 15 is 0 Å². The fraction of sp³-hybridized carbons (Fsp3) is 0.793. The molecule has 10 nitrogen and oxygen atoms in total. The van der Waals surface area contributed by atoms with E-state index in [9.17, 15) is 29.4 Å². The van der Waals surface area contributed by atoms with E-state index in [4.69, 9.17) is 18.9 Å². The Morgan fingerprint density at radius 2 is 1.51 bits per heavy atom. The van der Waals surface area contributed by atoms with Crippen molar-refractivity contribution >= 4 is 23.9 Å². The summed E-state index contributed by atoms with van der Waals surface area (Å²) in [5.74, 6) is -3.41. The molecule has 4 aliphatic carbocycles. The molecular weight excluding hydrogens is 508 g/mol. The van der Waals surface area contributed by atoms with E-state index < -0.39 is 70.1 Å². The molecular formula is C29H42O10. The highest BCUT2D eigenvalue weighted by molar-refractivity contribution is 5.68. The van der Waals surface area contributed by atoms with Gasteiger partial charge in [-0.2, -0.15) is 0 Å². The van der Waals surface area contributed by atoms with E-state index in [1.165, 1.54) is 27.7 Å². The quantitative estimate of drug-likeness (QED) is 0.298. The number of ether oxygens (including phenoxy) is 4. The smallest absolute Gasteiger partial charge is 0.303 e. The first-order valence-electron chi connectivity index (χ1n) is 13.8. The van der Waals surface area contributed by atoms with E-state index in [0.29, 0.717) is 25.7 Å². The summed E-state index contributed by atoms with van der Waals surface area (Å²) in [6, 6.07) is 0. The van der Waals surface area contributed by atoms with Gasteiger partial charge in [0, 0.05) is 51.4 Å². The van der Waals surface area contributed by atoms with Crippen molar-refractivity contribution in [3.8, 4) is 0 Å².